The molecule has 0 aromatic heterocycles. The molecule has 114 valence electrons. The van der Waals surface area contributed by atoms with Crippen LogP contribution in [-0.4, -0.2) is 25.9 Å². The largest absolute Gasteiger partial charge is 0.493 e. The molecule has 0 aliphatic heterocycles. The van der Waals surface area contributed by atoms with Crippen molar-refractivity contribution in [3.8, 4) is 11.5 Å². The van der Waals surface area contributed by atoms with Gasteiger partial charge >= 0.3 is 0 Å². The number of nitrogens with two attached hydrogens (primary N) is 1. The van der Waals surface area contributed by atoms with Gasteiger partial charge in [0.25, 0.3) is 0 Å². The first-order chi connectivity index (χ1) is 10.6. The summed E-state index contributed by atoms with van der Waals surface area (Å²) in [7, 11) is 3.17. The fraction of sp³-hybridized carbons (Fsp3) is 0.222. The van der Waals surface area contributed by atoms with Gasteiger partial charge in [0, 0.05) is 12.1 Å². The lowest BCUT2D eigenvalue weighted by Gasteiger charge is -2.30. The third-order valence-electron chi connectivity index (χ3n) is 4.15. The Bertz CT molecular complexity index is 739. The smallest absolute Gasteiger partial charge is 0.161 e. The van der Waals surface area contributed by atoms with Crippen molar-refractivity contribution in [2.75, 3.05) is 20.8 Å². The van der Waals surface area contributed by atoms with Crippen molar-refractivity contribution < 1.29 is 14.6 Å². The zero-order valence-corrected chi connectivity index (χ0v) is 12.7. The molecule has 1 aliphatic rings. The normalized spacial score (nSPS) is 19.1. The number of methoxy groups -OCH3 is 2. The summed E-state index contributed by atoms with van der Waals surface area (Å²) in [6.45, 7) is 0.0776. The second kappa shape index (κ2) is 5.48. The maximum atomic E-state index is 11.3. The molecule has 0 bridgehead atoms. The molecule has 1 aliphatic carbocycles. The van der Waals surface area contributed by atoms with Crippen LogP contribution in [-0.2, 0) is 5.60 Å². The van der Waals surface area contributed by atoms with Crippen LogP contribution in [0.1, 0.15) is 22.3 Å². The lowest BCUT2D eigenvalue weighted by Crippen LogP contribution is -2.37. The molecule has 0 saturated heterocycles. The minimum atomic E-state index is -1.27. The molecule has 0 heterocycles. The monoisotopic (exact) mass is 297 g/mol. The molecule has 0 spiro atoms. The number of ether oxygens (including phenoxy) is 2. The van der Waals surface area contributed by atoms with E-state index in [1.54, 1.807) is 20.3 Å². The molecule has 2 aromatic rings. The molecule has 0 fully saturated rings. The molecule has 1 atom stereocenters. The average molecular weight is 297 g/mol. The fourth-order valence-corrected chi connectivity index (χ4v) is 2.95. The highest BCUT2D eigenvalue weighted by Gasteiger charge is 2.35. The first kappa shape index (κ1) is 14.6. The highest BCUT2D eigenvalue weighted by molar-refractivity contribution is 5.78. The summed E-state index contributed by atoms with van der Waals surface area (Å²) in [5.41, 5.74) is 8.00. The van der Waals surface area contributed by atoms with E-state index in [-0.39, 0.29) is 6.54 Å². The number of hydrogen-bond donors (Lipinski definition) is 2. The van der Waals surface area contributed by atoms with Gasteiger partial charge in [0.1, 0.15) is 5.60 Å². The van der Waals surface area contributed by atoms with E-state index >= 15 is 0 Å². The topological polar surface area (TPSA) is 64.7 Å². The quantitative estimate of drug-likeness (QED) is 0.913. The summed E-state index contributed by atoms with van der Waals surface area (Å²) in [5, 5.41) is 11.3. The van der Waals surface area contributed by atoms with Gasteiger partial charge in [0.2, 0.25) is 0 Å². The minimum Gasteiger partial charge on any atom is -0.493 e. The van der Waals surface area contributed by atoms with Gasteiger partial charge in [0.15, 0.2) is 11.5 Å². The van der Waals surface area contributed by atoms with Crippen molar-refractivity contribution >= 4 is 12.2 Å². The van der Waals surface area contributed by atoms with Crippen molar-refractivity contribution in [1.82, 2.24) is 0 Å². The standard InChI is InChI=1S/C18H19NO3/c1-21-16-9-13-8-7-12-5-3-4-6-14(12)18(20,11-19)15(13)10-17(16)22-2/h3-10,20H,11,19H2,1-2H3. The number of benzene rings is 2. The van der Waals surface area contributed by atoms with E-state index in [4.69, 9.17) is 15.2 Å². The third kappa shape index (κ3) is 2.08. The van der Waals surface area contributed by atoms with Crippen LogP contribution in [0.5, 0.6) is 11.5 Å². The van der Waals surface area contributed by atoms with E-state index in [1.807, 2.05) is 42.5 Å². The van der Waals surface area contributed by atoms with Gasteiger partial charge in [-0.25, -0.2) is 0 Å². The molecule has 4 heteroatoms. The molecule has 22 heavy (non-hydrogen) atoms. The molecule has 4 nitrogen and oxygen atoms in total. The number of fused-ring (bicyclic) bond motifs is 2. The molecule has 1 unspecified atom stereocenters. The average Bonchev–Trinajstić information content (AvgIpc) is 2.69. The van der Waals surface area contributed by atoms with Crippen LogP contribution in [0.4, 0.5) is 0 Å². The van der Waals surface area contributed by atoms with E-state index in [0.29, 0.717) is 17.1 Å². The van der Waals surface area contributed by atoms with E-state index in [1.165, 1.54) is 0 Å². The Labute approximate surface area is 129 Å². The van der Waals surface area contributed by atoms with E-state index in [0.717, 1.165) is 16.7 Å². The van der Waals surface area contributed by atoms with Crippen molar-refractivity contribution in [1.29, 1.82) is 0 Å². The Morgan fingerprint density at radius 3 is 2.27 bits per heavy atom. The molecule has 3 N–H and O–H groups in total. The number of hydrogen-bond acceptors (Lipinski definition) is 4. The fourth-order valence-electron chi connectivity index (χ4n) is 2.95. The highest BCUT2D eigenvalue weighted by atomic mass is 16.5. The summed E-state index contributed by atoms with van der Waals surface area (Å²) in [6, 6.07) is 11.4. The van der Waals surface area contributed by atoms with Crippen LogP contribution < -0.4 is 15.2 Å². The molecule has 2 aromatic carbocycles. The van der Waals surface area contributed by atoms with Crippen LogP contribution in [0.15, 0.2) is 36.4 Å². The molecule has 3 rings (SSSR count). The first-order valence-corrected chi connectivity index (χ1v) is 7.10. The van der Waals surface area contributed by atoms with Crippen LogP contribution in [0, 0.1) is 0 Å². The second-order valence-corrected chi connectivity index (χ2v) is 5.28. The van der Waals surface area contributed by atoms with Crippen LogP contribution in [0.2, 0.25) is 0 Å². The van der Waals surface area contributed by atoms with Crippen molar-refractivity contribution in [2.45, 2.75) is 5.60 Å². The Balaban J connectivity index is 2.32. The second-order valence-electron chi connectivity index (χ2n) is 5.28. The number of rotatable bonds is 3. The zero-order valence-electron chi connectivity index (χ0n) is 12.7. The van der Waals surface area contributed by atoms with E-state index in [9.17, 15) is 5.11 Å². The van der Waals surface area contributed by atoms with Crippen LogP contribution in [0.3, 0.4) is 0 Å². The summed E-state index contributed by atoms with van der Waals surface area (Å²) >= 11 is 0. The Kier molecular flexibility index (Phi) is 3.64. The maximum absolute atomic E-state index is 11.3. The first-order valence-electron chi connectivity index (χ1n) is 7.10. The summed E-state index contributed by atoms with van der Waals surface area (Å²) in [6.07, 6.45) is 3.94. The Morgan fingerprint density at radius 1 is 0.955 bits per heavy atom. The van der Waals surface area contributed by atoms with Gasteiger partial charge in [-0.1, -0.05) is 36.4 Å². The third-order valence-corrected chi connectivity index (χ3v) is 4.15. The predicted octanol–water partition coefficient (Wildman–Crippen LogP) is 2.38. The Hall–Kier alpha value is -2.30. The van der Waals surface area contributed by atoms with Crippen molar-refractivity contribution in [3.63, 3.8) is 0 Å². The highest BCUT2D eigenvalue weighted by Crippen LogP contribution is 2.42. The van der Waals surface area contributed by atoms with Crippen molar-refractivity contribution in [2.24, 2.45) is 5.73 Å². The SMILES string of the molecule is COc1cc2c(cc1OC)C(O)(CN)c1ccccc1C=C2. The molecule has 0 amide bonds. The van der Waals surface area contributed by atoms with E-state index < -0.39 is 5.60 Å². The lowest BCUT2D eigenvalue weighted by atomic mass is 9.83. The van der Waals surface area contributed by atoms with E-state index in [2.05, 4.69) is 0 Å². The predicted molar refractivity (Wildman–Crippen MR) is 87.0 cm³/mol. The lowest BCUT2D eigenvalue weighted by molar-refractivity contribution is 0.0897. The molecular formula is C18H19NO3. The summed E-state index contributed by atoms with van der Waals surface area (Å²) in [5.74, 6) is 1.19. The summed E-state index contributed by atoms with van der Waals surface area (Å²) in [4.78, 5) is 0. The molecular weight excluding hydrogens is 278 g/mol. The zero-order chi connectivity index (χ0) is 15.7. The maximum Gasteiger partial charge on any atom is 0.161 e. The molecule has 0 saturated carbocycles. The number of aliphatic hydroxyl groups is 1. The molecule has 0 radical (unpaired) electrons. The van der Waals surface area contributed by atoms with Crippen LogP contribution >= 0.6 is 0 Å². The van der Waals surface area contributed by atoms with Gasteiger partial charge in [-0.2, -0.15) is 0 Å². The van der Waals surface area contributed by atoms with Gasteiger partial charge in [-0.3, -0.25) is 0 Å². The van der Waals surface area contributed by atoms with Gasteiger partial charge in [0.05, 0.1) is 14.2 Å². The van der Waals surface area contributed by atoms with Crippen LogP contribution in [0.25, 0.3) is 12.2 Å². The minimum absolute atomic E-state index is 0.0776. The van der Waals surface area contributed by atoms with Gasteiger partial charge in [-0.15, -0.1) is 0 Å². The van der Waals surface area contributed by atoms with Gasteiger partial charge in [-0.05, 0) is 28.8 Å². The van der Waals surface area contributed by atoms with Crippen molar-refractivity contribution in [3.05, 3.63) is 58.7 Å². The Morgan fingerprint density at radius 2 is 1.59 bits per heavy atom. The van der Waals surface area contributed by atoms with Gasteiger partial charge < -0.3 is 20.3 Å². The summed E-state index contributed by atoms with van der Waals surface area (Å²) < 4.78 is 10.7.